The van der Waals surface area contributed by atoms with Crippen molar-refractivity contribution in [3.63, 3.8) is 0 Å². The van der Waals surface area contributed by atoms with Gasteiger partial charge in [-0.1, -0.05) is 35.9 Å². The molecule has 32 heavy (non-hydrogen) atoms. The van der Waals surface area contributed by atoms with Crippen molar-refractivity contribution in [1.29, 1.82) is 5.41 Å². The van der Waals surface area contributed by atoms with E-state index in [0.29, 0.717) is 27.4 Å². The van der Waals surface area contributed by atoms with Crippen LogP contribution in [0.4, 0.5) is 10.1 Å². The lowest BCUT2D eigenvalue weighted by Crippen LogP contribution is -2.42. The Morgan fingerprint density at radius 3 is 2.38 bits per heavy atom. The van der Waals surface area contributed by atoms with Crippen molar-refractivity contribution in [2.75, 3.05) is 18.4 Å². The second kappa shape index (κ2) is 9.32. The number of hydrogen-bond donors (Lipinski definition) is 2. The highest BCUT2D eigenvalue weighted by molar-refractivity contribution is 6.30. The van der Waals surface area contributed by atoms with E-state index in [4.69, 9.17) is 17.0 Å². The summed E-state index contributed by atoms with van der Waals surface area (Å²) in [6.45, 7) is 1.58. The van der Waals surface area contributed by atoms with Crippen LogP contribution in [0.25, 0.3) is 0 Å². The van der Waals surface area contributed by atoms with E-state index in [0.717, 1.165) is 19.5 Å². The van der Waals surface area contributed by atoms with Crippen molar-refractivity contribution in [3.05, 3.63) is 99.8 Å². The second-order valence-electron chi connectivity index (χ2n) is 7.60. The molecule has 0 saturated carbocycles. The molecule has 5 nitrogen and oxygen atoms in total. The molecule has 0 aliphatic carbocycles. The molecule has 1 heterocycles. The normalized spacial score (nSPS) is 12.8. The van der Waals surface area contributed by atoms with E-state index in [2.05, 4.69) is 5.32 Å². The Bertz CT molecular complexity index is 1190. The predicted molar refractivity (Wildman–Crippen MR) is 123 cm³/mol. The fourth-order valence-electron chi connectivity index (χ4n) is 3.51. The number of ketones is 1. The summed E-state index contributed by atoms with van der Waals surface area (Å²) in [5.41, 5.74) is 1.81. The zero-order chi connectivity index (χ0) is 22.7. The first kappa shape index (κ1) is 21.7. The van der Waals surface area contributed by atoms with E-state index in [1.54, 1.807) is 54.6 Å². The van der Waals surface area contributed by atoms with Gasteiger partial charge < -0.3 is 10.2 Å². The smallest absolute Gasteiger partial charge is 0.255 e. The number of hydrogen-bond acceptors (Lipinski definition) is 3. The van der Waals surface area contributed by atoms with Crippen LogP contribution in [0, 0.1) is 11.2 Å². The first-order valence-electron chi connectivity index (χ1n) is 10.2. The maximum atomic E-state index is 14.7. The highest BCUT2D eigenvalue weighted by Gasteiger charge is 2.21. The number of Topliss-reactive ketones (excluding diaryl/α,β-unsaturated/α-hetero) is 1. The number of benzene rings is 3. The number of rotatable bonds is 6. The van der Waals surface area contributed by atoms with Gasteiger partial charge in [0.15, 0.2) is 5.78 Å². The summed E-state index contributed by atoms with van der Waals surface area (Å²) < 4.78 is 14.7. The Balaban J connectivity index is 1.50. The van der Waals surface area contributed by atoms with Crippen LogP contribution in [0.15, 0.2) is 66.7 Å². The van der Waals surface area contributed by atoms with Gasteiger partial charge in [-0.15, -0.1) is 0 Å². The van der Waals surface area contributed by atoms with Gasteiger partial charge in [0.25, 0.3) is 5.91 Å². The molecule has 1 amide bonds. The van der Waals surface area contributed by atoms with Crippen molar-refractivity contribution in [2.24, 2.45) is 0 Å². The lowest BCUT2D eigenvalue weighted by Gasteiger charge is -2.33. The molecule has 162 valence electrons. The van der Waals surface area contributed by atoms with Crippen molar-refractivity contribution in [1.82, 2.24) is 4.90 Å². The third-order valence-corrected chi connectivity index (χ3v) is 5.68. The van der Waals surface area contributed by atoms with Gasteiger partial charge >= 0.3 is 0 Å². The van der Waals surface area contributed by atoms with Crippen LogP contribution in [0.1, 0.15) is 38.3 Å². The molecule has 2 N–H and O–H groups in total. The predicted octanol–water partition coefficient (Wildman–Crippen LogP) is 5.19. The van der Waals surface area contributed by atoms with Crippen LogP contribution in [0.5, 0.6) is 0 Å². The molecule has 4 rings (SSSR count). The first-order valence-corrected chi connectivity index (χ1v) is 10.6. The molecular formula is C25H21ClFN3O2. The summed E-state index contributed by atoms with van der Waals surface area (Å²) in [5.74, 6) is -1.20. The van der Waals surface area contributed by atoms with Crippen molar-refractivity contribution in [2.45, 2.75) is 12.8 Å². The molecule has 0 bridgehead atoms. The molecule has 0 atom stereocenters. The second-order valence-corrected chi connectivity index (χ2v) is 8.04. The monoisotopic (exact) mass is 449 g/mol. The summed E-state index contributed by atoms with van der Waals surface area (Å²) in [6.07, 6.45) is 0.899. The molecule has 0 spiro atoms. The van der Waals surface area contributed by atoms with Gasteiger partial charge in [-0.25, -0.2) is 4.39 Å². The number of amides is 1. The average molecular weight is 450 g/mol. The standard InChI is InChI=1S/C25H21ClFN3O2/c26-18-7-9-19(10-8-18)29-25(32)20-5-2-1-4-16(20)15-23(31)21-11-6-17(14-22(21)27)24(28)30-12-3-13-30/h1-2,4-11,14,28H,3,12-13,15H2,(H,29,32). The Morgan fingerprint density at radius 1 is 1.00 bits per heavy atom. The SMILES string of the molecule is N=C(c1ccc(C(=O)Cc2ccccc2C(=O)Nc2ccc(Cl)cc2)c(F)c1)N1CCC1. The Hall–Kier alpha value is -3.51. The van der Waals surface area contributed by atoms with Crippen molar-refractivity contribution >= 4 is 34.8 Å². The Kier molecular flexibility index (Phi) is 6.32. The van der Waals surface area contributed by atoms with E-state index in [1.165, 1.54) is 12.1 Å². The summed E-state index contributed by atoms with van der Waals surface area (Å²) in [7, 11) is 0. The van der Waals surface area contributed by atoms with Gasteiger partial charge in [-0.3, -0.25) is 15.0 Å². The molecule has 1 aliphatic heterocycles. The van der Waals surface area contributed by atoms with E-state index in [1.807, 2.05) is 4.90 Å². The number of nitrogens with one attached hydrogen (secondary N) is 2. The van der Waals surface area contributed by atoms with Gasteiger partial charge in [0.2, 0.25) is 0 Å². The molecule has 1 saturated heterocycles. The molecule has 0 radical (unpaired) electrons. The third-order valence-electron chi connectivity index (χ3n) is 5.43. The van der Waals surface area contributed by atoms with E-state index in [9.17, 15) is 14.0 Å². The number of halogens is 2. The number of nitrogens with zero attached hydrogens (tertiary/aromatic N) is 1. The van der Waals surface area contributed by atoms with Gasteiger partial charge in [0, 0.05) is 41.3 Å². The molecule has 1 fully saturated rings. The van der Waals surface area contributed by atoms with Crippen LogP contribution in [0.2, 0.25) is 5.02 Å². The molecule has 7 heteroatoms. The van der Waals surface area contributed by atoms with Crippen molar-refractivity contribution < 1.29 is 14.0 Å². The molecule has 1 aliphatic rings. The number of likely N-dealkylation sites (tertiary alicyclic amines) is 1. The summed E-state index contributed by atoms with van der Waals surface area (Å²) in [6, 6.07) is 17.7. The Morgan fingerprint density at radius 2 is 1.72 bits per heavy atom. The molecule has 3 aromatic rings. The lowest BCUT2D eigenvalue weighted by atomic mass is 9.97. The summed E-state index contributed by atoms with van der Waals surface area (Å²) >= 11 is 5.88. The van der Waals surface area contributed by atoms with Crippen molar-refractivity contribution in [3.8, 4) is 0 Å². The largest absolute Gasteiger partial charge is 0.356 e. The quantitative estimate of drug-likeness (QED) is 0.309. The maximum absolute atomic E-state index is 14.7. The van der Waals surface area contributed by atoms with E-state index < -0.39 is 11.6 Å². The zero-order valence-corrected chi connectivity index (χ0v) is 18.0. The average Bonchev–Trinajstić information content (AvgIpc) is 2.74. The zero-order valence-electron chi connectivity index (χ0n) is 17.2. The molecule has 3 aromatic carbocycles. The van der Waals surface area contributed by atoms with Gasteiger partial charge in [-0.05, 0) is 54.4 Å². The van der Waals surface area contributed by atoms with Gasteiger partial charge in [0.1, 0.15) is 11.7 Å². The van der Waals surface area contributed by atoms with Crippen LogP contribution in [-0.2, 0) is 6.42 Å². The number of anilines is 1. The van der Waals surface area contributed by atoms with E-state index >= 15 is 0 Å². The highest BCUT2D eigenvalue weighted by Crippen LogP contribution is 2.20. The number of carbonyl (C=O) groups excluding carboxylic acids is 2. The Labute approximate surface area is 190 Å². The lowest BCUT2D eigenvalue weighted by molar-refractivity contribution is 0.0988. The fourth-order valence-corrected chi connectivity index (χ4v) is 3.63. The van der Waals surface area contributed by atoms with Crippen LogP contribution in [0.3, 0.4) is 0 Å². The minimum absolute atomic E-state index is 0.0573. The minimum Gasteiger partial charge on any atom is -0.356 e. The minimum atomic E-state index is -0.666. The first-order chi connectivity index (χ1) is 15.4. The summed E-state index contributed by atoms with van der Waals surface area (Å²) in [5, 5.41) is 11.5. The summed E-state index contributed by atoms with van der Waals surface area (Å²) in [4.78, 5) is 27.5. The number of amidine groups is 1. The molecule has 0 aromatic heterocycles. The topological polar surface area (TPSA) is 73.3 Å². The number of carbonyl (C=O) groups is 2. The van der Waals surface area contributed by atoms with Crippen LogP contribution < -0.4 is 5.32 Å². The van der Waals surface area contributed by atoms with Crippen LogP contribution >= 0.6 is 11.6 Å². The van der Waals surface area contributed by atoms with E-state index in [-0.39, 0.29) is 23.7 Å². The maximum Gasteiger partial charge on any atom is 0.255 e. The van der Waals surface area contributed by atoms with Gasteiger partial charge in [-0.2, -0.15) is 0 Å². The highest BCUT2D eigenvalue weighted by atomic mass is 35.5. The molecule has 0 unspecified atom stereocenters. The van der Waals surface area contributed by atoms with Crippen LogP contribution in [-0.4, -0.2) is 35.5 Å². The third kappa shape index (κ3) is 4.70. The fraction of sp³-hybridized carbons (Fsp3) is 0.160. The molecular weight excluding hydrogens is 429 g/mol. The van der Waals surface area contributed by atoms with Gasteiger partial charge in [0.05, 0.1) is 5.56 Å².